The highest BCUT2D eigenvalue weighted by Gasteiger charge is 2.29. The molecule has 8 heteroatoms. The first-order chi connectivity index (χ1) is 15.5. The van der Waals surface area contributed by atoms with E-state index < -0.39 is 5.97 Å². The summed E-state index contributed by atoms with van der Waals surface area (Å²) in [6.07, 6.45) is 5.33. The molecule has 2 aromatic heterocycles. The van der Waals surface area contributed by atoms with E-state index in [4.69, 9.17) is 4.74 Å². The van der Waals surface area contributed by atoms with Gasteiger partial charge in [-0.1, -0.05) is 18.2 Å². The molecule has 8 nitrogen and oxygen atoms in total. The number of carbonyl (C=O) groups is 2. The molecular weight excluding hydrogens is 408 g/mol. The molecule has 4 rings (SSSR count). The summed E-state index contributed by atoms with van der Waals surface area (Å²) >= 11 is 0. The van der Waals surface area contributed by atoms with Crippen LogP contribution in [0.3, 0.4) is 0 Å². The average Bonchev–Trinajstić information content (AvgIpc) is 3.25. The predicted molar refractivity (Wildman–Crippen MR) is 121 cm³/mol. The first-order valence-electron chi connectivity index (χ1n) is 11.1. The first kappa shape index (κ1) is 21.8. The van der Waals surface area contributed by atoms with Gasteiger partial charge in [0.1, 0.15) is 5.69 Å². The van der Waals surface area contributed by atoms with Crippen molar-refractivity contribution >= 4 is 22.6 Å². The van der Waals surface area contributed by atoms with Crippen molar-refractivity contribution < 1.29 is 14.3 Å². The third-order valence-electron chi connectivity index (χ3n) is 6.10. The van der Waals surface area contributed by atoms with Gasteiger partial charge in [-0.15, -0.1) is 0 Å². The number of piperidine rings is 1. The second-order valence-electron chi connectivity index (χ2n) is 8.09. The molecule has 1 aliphatic rings. The lowest BCUT2D eigenvalue weighted by atomic mass is 9.99. The highest BCUT2D eigenvalue weighted by atomic mass is 16.5. The van der Waals surface area contributed by atoms with Gasteiger partial charge < -0.3 is 14.2 Å². The number of aromatic nitrogens is 3. The Hall–Kier alpha value is -3.42. The van der Waals surface area contributed by atoms with Crippen LogP contribution in [0.25, 0.3) is 10.8 Å². The number of hydrogen-bond donors (Lipinski definition) is 0. The Labute approximate surface area is 186 Å². The Morgan fingerprint density at radius 3 is 2.62 bits per heavy atom. The molecule has 0 saturated carbocycles. The lowest BCUT2D eigenvalue weighted by molar-refractivity contribution is 0.0401. The number of hydrogen-bond acceptors (Lipinski definition) is 5. The Morgan fingerprint density at radius 1 is 1.12 bits per heavy atom. The second-order valence-corrected chi connectivity index (χ2v) is 8.09. The normalized spacial score (nSPS) is 16.3. The molecule has 0 bridgehead atoms. The van der Waals surface area contributed by atoms with Crippen molar-refractivity contribution in [3.05, 3.63) is 64.3 Å². The van der Waals surface area contributed by atoms with Gasteiger partial charge in [-0.3, -0.25) is 9.59 Å². The molecule has 1 fully saturated rings. The molecule has 1 saturated heterocycles. The molecule has 1 amide bonds. The van der Waals surface area contributed by atoms with Crippen molar-refractivity contribution in [1.29, 1.82) is 0 Å². The molecular formula is C24H28N4O4. The van der Waals surface area contributed by atoms with Crippen LogP contribution in [0, 0.1) is 0 Å². The maximum absolute atomic E-state index is 13.0. The minimum absolute atomic E-state index is 0.0104. The molecule has 0 N–H and O–H groups in total. The van der Waals surface area contributed by atoms with Gasteiger partial charge in [0.25, 0.3) is 11.5 Å². The first-order valence-corrected chi connectivity index (χ1v) is 11.1. The third kappa shape index (κ3) is 4.17. The van der Waals surface area contributed by atoms with E-state index in [0.29, 0.717) is 36.0 Å². The number of ether oxygens (including phenoxy) is 1. The minimum Gasteiger partial charge on any atom is -0.461 e. The van der Waals surface area contributed by atoms with Crippen LogP contribution in [0.4, 0.5) is 0 Å². The number of esters is 1. The van der Waals surface area contributed by atoms with E-state index in [1.165, 1.54) is 4.68 Å². The van der Waals surface area contributed by atoms with Gasteiger partial charge in [0.15, 0.2) is 5.69 Å². The van der Waals surface area contributed by atoms with E-state index in [0.717, 1.165) is 19.3 Å². The van der Waals surface area contributed by atoms with Gasteiger partial charge in [0.2, 0.25) is 0 Å². The number of benzene rings is 1. The molecule has 32 heavy (non-hydrogen) atoms. The van der Waals surface area contributed by atoms with Gasteiger partial charge in [-0.25, -0.2) is 9.48 Å². The molecule has 1 aliphatic heterocycles. The summed E-state index contributed by atoms with van der Waals surface area (Å²) in [7, 11) is 1.86. The highest BCUT2D eigenvalue weighted by molar-refractivity contribution is 6.02. The van der Waals surface area contributed by atoms with Crippen LogP contribution in [-0.2, 0) is 18.3 Å². The smallest absolute Gasteiger partial charge is 0.359 e. The predicted octanol–water partition coefficient (Wildman–Crippen LogP) is 3.00. The largest absolute Gasteiger partial charge is 0.461 e. The van der Waals surface area contributed by atoms with E-state index in [1.54, 1.807) is 31.2 Å². The van der Waals surface area contributed by atoms with Crippen LogP contribution < -0.4 is 5.56 Å². The number of aryl methyl sites for hydroxylation is 2. The summed E-state index contributed by atoms with van der Waals surface area (Å²) in [6.45, 7) is 3.06. The number of carbonyl (C=O) groups excluding carboxylic acids is 2. The quantitative estimate of drug-likeness (QED) is 0.555. The van der Waals surface area contributed by atoms with E-state index in [2.05, 4.69) is 5.10 Å². The van der Waals surface area contributed by atoms with Crippen LogP contribution in [0.1, 0.15) is 53.6 Å². The van der Waals surface area contributed by atoms with Crippen molar-refractivity contribution in [2.75, 3.05) is 13.2 Å². The lowest BCUT2D eigenvalue weighted by Gasteiger charge is -2.35. The average molecular weight is 437 g/mol. The van der Waals surface area contributed by atoms with E-state index >= 15 is 0 Å². The van der Waals surface area contributed by atoms with Crippen LogP contribution in [0.15, 0.2) is 47.4 Å². The Kier molecular flexibility index (Phi) is 6.39. The summed E-state index contributed by atoms with van der Waals surface area (Å²) in [5.74, 6) is -0.546. The zero-order chi connectivity index (χ0) is 22.7. The maximum Gasteiger partial charge on any atom is 0.359 e. The lowest BCUT2D eigenvalue weighted by Crippen LogP contribution is -2.44. The standard InChI is InChI=1S/C24H28N4O4/c1-3-28-22(29)19-11-5-4-10-18(19)21(25-28)24(31)32-16-13-17-9-6-7-15-27(17)23(30)20-12-8-14-26(20)2/h4-5,8,10-12,14,17H,3,6-7,9,13,15-16H2,1-2H3. The monoisotopic (exact) mass is 436 g/mol. The van der Waals surface area contributed by atoms with Gasteiger partial charge in [0, 0.05) is 44.2 Å². The summed E-state index contributed by atoms with van der Waals surface area (Å²) in [6, 6.07) is 10.6. The zero-order valence-corrected chi connectivity index (χ0v) is 18.5. The van der Waals surface area contributed by atoms with Gasteiger partial charge >= 0.3 is 5.97 Å². The van der Waals surface area contributed by atoms with Crippen molar-refractivity contribution in [3.8, 4) is 0 Å². The minimum atomic E-state index is -0.556. The topological polar surface area (TPSA) is 86.4 Å². The molecule has 1 aromatic carbocycles. The van der Waals surface area contributed by atoms with Gasteiger partial charge in [-0.2, -0.15) is 5.10 Å². The SMILES string of the molecule is CCn1nc(C(=O)OCCC2CCCCN2C(=O)c2cccn2C)c2ccccc2c1=O. The van der Waals surface area contributed by atoms with Crippen LogP contribution in [0.5, 0.6) is 0 Å². The summed E-state index contributed by atoms with van der Waals surface area (Å²) in [5, 5.41) is 5.17. The van der Waals surface area contributed by atoms with Crippen LogP contribution in [-0.4, -0.2) is 50.3 Å². The number of nitrogens with zero attached hydrogens (tertiary/aromatic N) is 4. The second kappa shape index (κ2) is 9.38. The van der Waals surface area contributed by atoms with Crippen molar-refractivity contribution in [3.63, 3.8) is 0 Å². The molecule has 1 unspecified atom stereocenters. The molecule has 0 spiro atoms. The fourth-order valence-corrected chi connectivity index (χ4v) is 4.35. The van der Waals surface area contributed by atoms with Gasteiger partial charge in [0.05, 0.1) is 12.0 Å². The molecule has 0 aliphatic carbocycles. The Balaban J connectivity index is 1.46. The summed E-state index contributed by atoms with van der Waals surface area (Å²) in [4.78, 5) is 40.2. The fourth-order valence-electron chi connectivity index (χ4n) is 4.35. The number of amides is 1. The van der Waals surface area contributed by atoms with Gasteiger partial charge in [-0.05, 0) is 44.4 Å². The Morgan fingerprint density at radius 2 is 1.91 bits per heavy atom. The van der Waals surface area contributed by atoms with E-state index in [-0.39, 0.29) is 29.8 Å². The number of rotatable bonds is 6. The molecule has 1 atom stereocenters. The van der Waals surface area contributed by atoms with Crippen LogP contribution in [0.2, 0.25) is 0 Å². The summed E-state index contributed by atoms with van der Waals surface area (Å²) in [5.41, 5.74) is 0.575. The number of fused-ring (bicyclic) bond motifs is 1. The van der Waals surface area contributed by atoms with Crippen molar-refractivity contribution in [2.45, 2.75) is 45.2 Å². The fraction of sp³-hybridized carbons (Fsp3) is 0.417. The van der Waals surface area contributed by atoms with Crippen molar-refractivity contribution in [1.82, 2.24) is 19.2 Å². The van der Waals surface area contributed by atoms with E-state index in [1.807, 2.05) is 34.8 Å². The van der Waals surface area contributed by atoms with Crippen LogP contribution >= 0.6 is 0 Å². The Bertz CT molecular complexity index is 1200. The molecule has 3 aromatic rings. The third-order valence-corrected chi connectivity index (χ3v) is 6.10. The highest BCUT2D eigenvalue weighted by Crippen LogP contribution is 2.23. The maximum atomic E-state index is 13.0. The zero-order valence-electron chi connectivity index (χ0n) is 18.5. The molecule has 0 radical (unpaired) electrons. The molecule has 168 valence electrons. The van der Waals surface area contributed by atoms with Crippen molar-refractivity contribution in [2.24, 2.45) is 7.05 Å². The molecule has 3 heterocycles. The number of likely N-dealkylation sites (tertiary alicyclic amines) is 1. The van der Waals surface area contributed by atoms with E-state index in [9.17, 15) is 14.4 Å². The summed E-state index contributed by atoms with van der Waals surface area (Å²) < 4.78 is 8.67.